The zero-order valence-corrected chi connectivity index (χ0v) is 16.4. The minimum atomic E-state index is -0.0553. The maximum atomic E-state index is 12.7. The second-order valence-electron chi connectivity index (χ2n) is 8.43. The quantitative estimate of drug-likeness (QED) is 0.748. The summed E-state index contributed by atoms with van der Waals surface area (Å²) in [6.45, 7) is 3.39. The van der Waals surface area contributed by atoms with Crippen LogP contribution in [0.5, 0.6) is 0 Å². The fourth-order valence-corrected chi connectivity index (χ4v) is 5.04. The number of rotatable bonds is 5. The summed E-state index contributed by atoms with van der Waals surface area (Å²) < 4.78 is 0. The van der Waals surface area contributed by atoms with Crippen molar-refractivity contribution in [2.45, 2.75) is 51.5 Å². The molecule has 5 heteroatoms. The molecule has 2 amide bonds. The van der Waals surface area contributed by atoms with E-state index in [1.54, 1.807) is 0 Å². The van der Waals surface area contributed by atoms with Crippen LogP contribution in [0.4, 0.5) is 5.69 Å². The Bertz CT molecular complexity index is 675. The lowest BCUT2D eigenvalue weighted by Gasteiger charge is -2.32. The fraction of sp³-hybridized carbons (Fsp3) is 0.636. The van der Waals surface area contributed by atoms with Crippen LogP contribution in [-0.4, -0.2) is 48.4 Å². The lowest BCUT2D eigenvalue weighted by molar-refractivity contribution is -0.142. The van der Waals surface area contributed by atoms with E-state index in [4.69, 9.17) is 0 Å². The number of anilines is 1. The highest BCUT2D eigenvalue weighted by molar-refractivity contribution is 6.05. The van der Waals surface area contributed by atoms with E-state index in [0.29, 0.717) is 6.67 Å². The molecule has 5 nitrogen and oxygen atoms in total. The third-order valence-corrected chi connectivity index (χ3v) is 6.44. The molecule has 0 bridgehead atoms. The zero-order valence-electron chi connectivity index (χ0n) is 16.4. The number of imide groups is 1. The summed E-state index contributed by atoms with van der Waals surface area (Å²) in [7, 11) is 2.01. The van der Waals surface area contributed by atoms with E-state index in [1.165, 1.54) is 35.4 Å². The molecule has 2 atom stereocenters. The normalized spacial score (nSPS) is 26.0. The third-order valence-electron chi connectivity index (χ3n) is 6.44. The Hall–Kier alpha value is -1.88. The van der Waals surface area contributed by atoms with E-state index in [-0.39, 0.29) is 23.7 Å². The maximum absolute atomic E-state index is 12.7. The molecule has 146 valence electrons. The van der Waals surface area contributed by atoms with Gasteiger partial charge in [0, 0.05) is 25.3 Å². The monoisotopic (exact) mass is 369 g/mol. The van der Waals surface area contributed by atoms with E-state index in [1.807, 2.05) is 7.05 Å². The van der Waals surface area contributed by atoms with Crippen LogP contribution in [0, 0.1) is 11.8 Å². The van der Waals surface area contributed by atoms with Crippen molar-refractivity contribution in [3.8, 4) is 0 Å². The molecule has 1 aromatic rings. The largest absolute Gasteiger partial charge is 0.371 e. The molecule has 3 fully saturated rings. The van der Waals surface area contributed by atoms with Gasteiger partial charge in [-0.25, -0.2) is 0 Å². The number of carbonyl (C=O) groups is 2. The molecule has 0 unspecified atom stereocenters. The fourth-order valence-electron chi connectivity index (χ4n) is 5.04. The Morgan fingerprint density at radius 3 is 2.22 bits per heavy atom. The highest BCUT2D eigenvalue weighted by Gasteiger charge is 2.48. The first-order valence-electron chi connectivity index (χ1n) is 10.5. The summed E-state index contributed by atoms with van der Waals surface area (Å²) in [4.78, 5) is 31.5. The summed E-state index contributed by atoms with van der Waals surface area (Å²) in [6.07, 6.45) is 7.74. The Balaban J connectivity index is 1.43. The number of hydrogen-bond acceptors (Lipinski definition) is 4. The molecule has 2 saturated heterocycles. The highest BCUT2D eigenvalue weighted by Crippen LogP contribution is 2.38. The number of benzene rings is 1. The number of piperidine rings is 1. The van der Waals surface area contributed by atoms with Gasteiger partial charge in [0.15, 0.2) is 0 Å². The lowest BCUT2D eigenvalue weighted by atomic mass is 9.81. The molecule has 4 rings (SSSR count). The van der Waals surface area contributed by atoms with E-state index in [9.17, 15) is 9.59 Å². The molecule has 27 heavy (non-hydrogen) atoms. The minimum absolute atomic E-state index is 0.0553. The van der Waals surface area contributed by atoms with Gasteiger partial charge in [0.25, 0.3) is 0 Å². The van der Waals surface area contributed by atoms with Gasteiger partial charge in [-0.1, -0.05) is 31.0 Å². The van der Waals surface area contributed by atoms with Gasteiger partial charge in [-0.2, -0.15) is 0 Å². The van der Waals surface area contributed by atoms with Gasteiger partial charge in [-0.05, 0) is 50.8 Å². The first-order chi connectivity index (χ1) is 13.1. The Labute approximate surface area is 162 Å². The van der Waals surface area contributed by atoms with Gasteiger partial charge >= 0.3 is 0 Å². The molecule has 1 aromatic carbocycles. The average Bonchev–Trinajstić information content (AvgIpc) is 2.94. The van der Waals surface area contributed by atoms with Crippen molar-refractivity contribution in [3.63, 3.8) is 0 Å². The topological polar surface area (TPSA) is 43.9 Å². The molecule has 2 aliphatic heterocycles. The maximum Gasteiger partial charge on any atom is 0.234 e. The van der Waals surface area contributed by atoms with Crippen molar-refractivity contribution in [1.82, 2.24) is 9.80 Å². The van der Waals surface area contributed by atoms with Crippen LogP contribution in [0.1, 0.15) is 50.5 Å². The lowest BCUT2D eigenvalue weighted by Crippen LogP contribution is -2.40. The van der Waals surface area contributed by atoms with Crippen molar-refractivity contribution >= 4 is 17.5 Å². The summed E-state index contributed by atoms with van der Waals surface area (Å²) in [6, 6.07) is 8.56. The SMILES string of the molecule is CN(Cc1ccccc1N1CCCCC1)CN1C(=O)[C@H]2CCCC[C@@H]2C1=O. The molecular weight excluding hydrogens is 338 g/mol. The highest BCUT2D eigenvalue weighted by atomic mass is 16.2. The van der Waals surface area contributed by atoms with Gasteiger partial charge in [0.2, 0.25) is 11.8 Å². The predicted molar refractivity (Wildman–Crippen MR) is 106 cm³/mol. The summed E-state index contributed by atoms with van der Waals surface area (Å²) in [5.41, 5.74) is 2.58. The summed E-state index contributed by atoms with van der Waals surface area (Å²) in [5.74, 6) is 0.00213. The molecule has 0 N–H and O–H groups in total. The number of nitrogens with zero attached hydrogens (tertiary/aromatic N) is 3. The first-order valence-corrected chi connectivity index (χ1v) is 10.5. The number of para-hydroxylation sites is 1. The van der Waals surface area contributed by atoms with Crippen molar-refractivity contribution in [3.05, 3.63) is 29.8 Å². The second-order valence-corrected chi connectivity index (χ2v) is 8.43. The second kappa shape index (κ2) is 8.01. The number of carbonyl (C=O) groups excluding carboxylic acids is 2. The molecule has 1 saturated carbocycles. The number of likely N-dealkylation sites (tertiary alicyclic amines) is 1. The molecule has 2 heterocycles. The standard InChI is InChI=1S/C22H31N3O2/c1-23(16-25-21(26)18-10-4-5-11-19(18)22(25)27)15-17-9-3-6-12-20(17)24-13-7-2-8-14-24/h3,6,9,12,18-19H,2,4-5,7-8,10-11,13-16H2,1H3/t18-,19-/m0/s1. The smallest absolute Gasteiger partial charge is 0.234 e. The van der Waals surface area contributed by atoms with Crippen LogP contribution >= 0.6 is 0 Å². The van der Waals surface area contributed by atoms with Crippen LogP contribution in [0.25, 0.3) is 0 Å². The van der Waals surface area contributed by atoms with E-state index >= 15 is 0 Å². The van der Waals surface area contributed by atoms with Crippen LogP contribution in [0.3, 0.4) is 0 Å². The Morgan fingerprint density at radius 2 is 1.56 bits per heavy atom. The van der Waals surface area contributed by atoms with Gasteiger partial charge in [-0.15, -0.1) is 0 Å². The predicted octanol–water partition coefficient (Wildman–Crippen LogP) is 3.24. The summed E-state index contributed by atoms with van der Waals surface area (Å²) in [5, 5.41) is 0. The average molecular weight is 370 g/mol. The Morgan fingerprint density at radius 1 is 0.926 bits per heavy atom. The molecule has 3 aliphatic rings. The zero-order chi connectivity index (χ0) is 18.8. The van der Waals surface area contributed by atoms with Crippen molar-refractivity contribution in [2.24, 2.45) is 11.8 Å². The van der Waals surface area contributed by atoms with Crippen LogP contribution in [0.2, 0.25) is 0 Å². The first kappa shape index (κ1) is 18.5. The van der Waals surface area contributed by atoms with Crippen LogP contribution < -0.4 is 4.90 Å². The van der Waals surface area contributed by atoms with Crippen molar-refractivity contribution in [1.29, 1.82) is 0 Å². The van der Waals surface area contributed by atoms with E-state index < -0.39 is 0 Å². The van der Waals surface area contributed by atoms with Crippen LogP contribution in [0.15, 0.2) is 24.3 Å². The van der Waals surface area contributed by atoms with Crippen molar-refractivity contribution in [2.75, 3.05) is 31.7 Å². The van der Waals surface area contributed by atoms with Crippen LogP contribution in [-0.2, 0) is 16.1 Å². The van der Waals surface area contributed by atoms with Gasteiger partial charge < -0.3 is 4.90 Å². The van der Waals surface area contributed by atoms with Gasteiger partial charge in [0.1, 0.15) is 0 Å². The molecule has 1 aliphatic carbocycles. The third kappa shape index (κ3) is 3.75. The summed E-state index contributed by atoms with van der Waals surface area (Å²) >= 11 is 0. The Kier molecular flexibility index (Phi) is 5.48. The molecular formula is C22H31N3O2. The minimum Gasteiger partial charge on any atom is -0.371 e. The number of amides is 2. The molecule has 0 spiro atoms. The molecule has 0 radical (unpaired) electrons. The molecule has 0 aromatic heterocycles. The van der Waals surface area contributed by atoms with Crippen molar-refractivity contribution < 1.29 is 9.59 Å². The van der Waals surface area contributed by atoms with E-state index in [2.05, 4.69) is 34.1 Å². The van der Waals surface area contributed by atoms with E-state index in [0.717, 1.165) is 45.3 Å². The van der Waals surface area contributed by atoms with Gasteiger partial charge in [0.05, 0.1) is 18.5 Å². The van der Waals surface area contributed by atoms with Gasteiger partial charge in [-0.3, -0.25) is 19.4 Å². The number of hydrogen-bond donors (Lipinski definition) is 0. The number of fused-ring (bicyclic) bond motifs is 1.